The average Bonchev–Trinajstić information content (AvgIpc) is 3.14. The summed E-state index contributed by atoms with van der Waals surface area (Å²) in [4.78, 5) is 30.9. The number of hydrogen-bond donors (Lipinski definition) is 1. The van der Waals surface area contributed by atoms with Gasteiger partial charge in [0.25, 0.3) is 5.91 Å². The lowest BCUT2D eigenvalue weighted by atomic mass is 10.1. The van der Waals surface area contributed by atoms with Crippen molar-refractivity contribution in [2.45, 2.75) is 38.6 Å². The van der Waals surface area contributed by atoms with Crippen LogP contribution in [0.15, 0.2) is 35.7 Å². The van der Waals surface area contributed by atoms with Crippen LogP contribution >= 0.6 is 22.9 Å². The third-order valence-electron chi connectivity index (χ3n) is 3.76. The van der Waals surface area contributed by atoms with Gasteiger partial charge in [-0.05, 0) is 18.4 Å². The Labute approximate surface area is 163 Å². The zero-order valence-corrected chi connectivity index (χ0v) is 16.6. The lowest BCUT2D eigenvalue weighted by molar-refractivity contribution is -0.131. The van der Waals surface area contributed by atoms with Crippen LogP contribution in [0.3, 0.4) is 0 Å². The number of benzene rings is 1. The summed E-state index contributed by atoms with van der Waals surface area (Å²) < 4.78 is 0. The van der Waals surface area contributed by atoms with E-state index in [2.05, 4.69) is 10.3 Å². The number of rotatable bonds is 9. The fraction of sp³-hybridized carbons (Fsp3) is 0.421. The largest absolute Gasteiger partial charge is 0.351 e. The summed E-state index contributed by atoms with van der Waals surface area (Å²) in [6.45, 7) is 5.57. The first kappa shape index (κ1) is 20.4. The lowest BCUT2D eigenvalue weighted by Crippen LogP contribution is -2.34. The van der Waals surface area contributed by atoms with E-state index in [0.717, 1.165) is 23.4 Å². The van der Waals surface area contributed by atoms with E-state index in [1.165, 1.54) is 11.3 Å². The van der Waals surface area contributed by atoms with Crippen LogP contribution in [0.5, 0.6) is 0 Å². The van der Waals surface area contributed by atoms with Crippen molar-refractivity contribution in [3.8, 4) is 0 Å². The molecule has 0 aliphatic carbocycles. The molecule has 1 aromatic carbocycles. The van der Waals surface area contributed by atoms with Crippen molar-refractivity contribution in [2.24, 2.45) is 0 Å². The molecular weight excluding hydrogens is 370 g/mol. The average molecular weight is 394 g/mol. The van der Waals surface area contributed by atoms with Crippen molar-refractivity contribution in [3.63, 3.8) is 0 Å². The molecule has 5 nitrogen and oxygen atoms in total. The Hall–Kier alpha value is -1.92. The van der Waals surface area contributed by atoms with Crippen LogP contribution in [0.25, 0.3) is 0 Å². The molecule has 1 atom stereocenters. The zero-order chi connectivity index (χ0) is 18.9. The predicted molar refractivity (Wildman–Crippen MR) is 105 cm³/mol. The van der Waals surface area contributed by atoms with Gasteiger partial charge >= 0.3 is 0 Å². The van der Waals surface area contributed by atoms with E-state index in [0.29, 0.717) is 25.3 Å². The van der Waals surface area contributed by atoms with Gasteiger partial charge in [0.2, 0.25) is 5.91 Å². The quantitative estimate of drug-likeness (QED) is 0.655. The van der Waals surface area contributed by atoms with E-state index in [1.807, 2.05) is 44.2 Å². The Bertz CT molecular complexity index is 721. The van der Waals surface area contributed by atoms with Crippen LogP contribution in [0.1, 0.15) is 53.1 Å². The number of hydrogen-bond acceptors (Lipinski definition) is 4. The molecule has 0 aliphatic rings. The van der Waals surface area contributed by atoms with E-state index in [1.54, 1.807) is 10.3 Å². The van der Waals surface area contributed by atoms with Crippen LogP contribution in [-0.4, -0.2) is 34.8 Å². The fourth-order valence-electron chi connectivity index (χ4n) is 2.44. The van der Waals surface area contributed by atoms with Crippen molar-refractivity contribution >= 4 is 34.8 Å². The van der Waals surface area contributed by atoms with Crippen molar-refractivity contribution in [3.05, 3.63) is 52.0 Å². The number of halogens is 1. The fourth-order valence-corrected chi connectivity index (χ4v) is 3.51. The highest BCUT2D eigenvalue weighted by Crippen LogP contribution is 2.24. The molecule has 2 amide bonds. The minimum atomic E-state index is -0.727. The first-order valence-electron chi connectivity index (χ1n) is 8.77. The topological polar surface area (TPSA) is 62.3 Å². The first-order valence-corrected chi connectivity index (χ1v) is 10.1. The van der Waals surface area contributed by atoms with E-state index in [9.17, 15) is 9.59 Å². The molecule has 0 saturated heterocycles. The number of alkyl halides is 1. The normalized spacial score (nSPS) is 11.8. The summed E-state index contributed by atoms with van der Waals surface area (Å²) in [5, 5.41) is 4.53. The Balaban J connectivity index is 2.07. The second kappa shape index (κ2) is 10.3. The van der Waals surface area contributed by atoms with Crippen LogP contribution in [0.4, 0.5) is 0 Å². The number of carbonyl (C=O) groups excluding carboxylic acids is 2. The summed E-state index contributed by atoms with van der Waals surface area (Å²) >= 11 is 7.78. The van der Waals surface area contributed by atoms with E-state index in [-0.39, 0.29) is 11.8 Å². The van der Waals surface area contributed by atoms with Crippen LogP contribution < -0.4 is 5.32 Å². The van der Waals surface area contributed by atoms with Gasteiger partial charge in [0.1, 0.15) is 16.1 Å². The minimum Gasteiger partial charge on any atom is -0.351 e. The molecule has 0 aliphatic heterocycles. The second-order valence-corrected chi connectivity index (χ2v) is 7.29. The highest BCUT2D eigenvalue weighted by atomic mass is 35.5. The van der Waals surface area contributed by atoms with Crippen molar-refractivity contribution in [2.75, 3.05) is 13.1 Å². The molecule has 2 rings (SSSR count). The molecule has 1 unspecified atom stereocenters. The summed E-state index contributed by atoms with van der Waals surface area (Å²) in [7, 11) is 0. The molecule has 0 saturated carbocycles. The standard InChI is InChI=1S/C19H24ClN3O2S/c1-3-10-21-18(24)15-13-26-16(22-15)12-23(11-4-2)19(25)17(20)14-8-6-5-7-9-14/h5-9,13,17H,3-4,10-12H2,1-2H3,(H,21,24). The first-order chi connectivity index (χ1) is 12.6. The third-order valence-corrected chi connectivity index (χ3v) is 5.03. The molecule has 140 valence electrons. The molecule has 1 aromatic heterocycles. The van der Waals surface area contributed by atoms with E-state index < -0.39 is 5.38 Å². The van der Waals surface area contributed by atoms with E-state index >= 15 is 0 Å². The van der Waals surface area contributed by atoms with Gasteiger partial charge in [-0.25, -0.2) is 4.98 Å². The van der Waals surface area contributed by atoms with Crippen LogP contribution in [-0.2, 0) is 11.3 Å². The lowest BCUT2D eigenvalue weighted by Gasteiger charge is -2.23. The Morgan fingerprint density at radius 2 is 1.96 bits per heavy atom. The number of nitrogens with one attached hydrogen (secondary N) is 1. The number of carbonyl (C=O) groups is 2. The summed E-state index contributed by atoms with van der Waals surface area (Å²) in [5.41, 5.74) is 1.17. The van der Waals surface area contributed by atoms with Gasteiger partial charge in [-0.3, -0.25) is 9.59 Å². The van der Waals surface area contributed by atoms with Gasteiger partial charge in [0.15, 0.2) is 0 Å². The maximum atomic E-state index is 12.8. The number of amides is 2. The maximum absolute atomic E-state index is 12.8. The highest BCUT2D eigenvalue weighted by Gasteiger charge is 2.24. The number of thiazole rings is 1. The monoisotopic (exact) mass is 393 g/mol. The smallest absolute Gasteiger partial charge is 0.270 e. The summed E-state index contributed by atoms with van der Waals surface area (Å²) in [6, 6.07) is 9.31. The molecule has 0 spiro atoms. The Morgan fingerprint density at radius 1 is 1.23 bits per heavy atom. The Kier molecular flexibility index (Phi) is 8.06. The third kappa shape index (κ3) is 5.54. The molecule has 0 radical (unpaired) electrons. The zero-order valence-electron chi connectivity index (χ0n) is 15.1. The van der Waals surface area contributed by atoms with E-state index in [4.69, 9.17) is 11.6 Å². The molecule has 2 aromatic rings. The van der Waals surface area contributed by atoms with Gasteiger partial charge in [0.05, 0.1) is 6.54 Å². The Morgan fingerprint density at radius 3 is 2.62 bits per heavy atom. The van der Waals surface area contributed by atoms with Crippen molar-refractivity contribution in [1.29, 1.82) is 0 Å². The van der Waals surface area contributed by atoms with Crippen LogP contribution in [0, 0.1) is 0 Å². The van der Waals surface area contributed by atoms with Gasteiger partial charge in [-0.1, -0.05) is 44.2 Å². The molecule has 7 heteroatoms. The predicted octanol–water partition coefficient (Wildman–Crippen LogP) is 4.00. The van der Waals surface area contributed by atoms with Gasteiger partial charge in [0, 0.05) is 18.5 Å². The number of nitrogens with zero attached hydrogens (tertiary/aromatic N) is 2. The van der Waals surface area contributed by atoms with Gasteiger partial charge in [-0.2, -0.15) is 0 Å². The summed E-state index contributed by atoms with van der Waals surface area (Å²) in [5.74, 6) is -0.325. The molecule has 1 heterocycles. The summed E-state index contributed by atoms with van der Waals surface area (Å²) in [6.07, 6.45) is 1.69. The van der Waals surface area contributed by atoms with Gasteiger partial charge < -0.3 is 10.2 Å². The molecule has 0 fully saturated rings. The van der Waals surface area contributed by atoms with Crippen LogP contribution in [0.2, 0.25) is 0 Å². The second-order valence-electron chi connectivity index (χ2n) is 5.92. The van der Waals surface area contributed by atoms with Crippen molar-refractivity contribution in [1.82, 2.24) is 15.2 Å². The SMILES string of the molecule is CCCNC(=O)c1csc(CN(CCC)C(=O)C(Cl)c2ccccc2)n1. The minimum absolute atomic E-state index is 0.146. The molecule has 26 heavy (non-hydrogen) atoms. The number of aromatic nitrogens is 1. The highest BCUT2D eigenvalue weighted by molar-refractivity contribution is 7.09. The molecule has 0 bridgehead atoms. The van der Waals surface area contributed by atoms with Gasteiger partial charge in [-0.15, -0.1) is 22.9 Å². The molecule has 1 N–H and O–H groups in total. The molecular formula is C19H24ClN3O2S. The maximum Gasteiger partial charge on any atom is 0.270 e. The van der Waals surface area contributed by atoms with Crippen molar-refractivity contribution < 1.29 is 9.59 Å².